The summed E-state index contributed by atoms with van der Waals surface area (Å²) in [6.07, 6.45) is 0.505. The quantitative estimate of drug-likeness (QED) is 0.299. The molecule has 18 heavy (non-hydrogen) atoms. The molecule has 6 N–H and O–H groups in total. The van der Waals surface area contributed by atoms with Crippen LogP contribution in [0, 0.1) is 0 Å². The molecule has 0 fully saturated rings. The summed E-state index contributed by atoms with van der Waals surface area (Å²) in [6.45, 7) is 5.65. The number of rotatable bonds is 5. The maximum Gasteiger partial charge on any atom is 0.407 e. The average Bonchev–Trinajstić information content (AvgIpc) is 2.14. The minimum Gasteiger partial charge on any atom is -0.477 e. The minimum absolute atomic E-state index is 0.202. The molecule has 0 saturated carbocycles. The molecule has 0 aromatic carbocycles. The first-order valence-corrected chi connectivity index (χ1v) is 5.30. The maximum atomic E-state index is 11.2. The third-order valence-electron chi connectivity index (χ3n) is 1.59. The zero-order valence-corrected chi connectivity index (χ0v) is 10.8. The number of nitrogens with one attached hydrogen (secondary N) is 1. The number of carbonyl (C=O) groups is 2. The van der Waals surface area contributed by atoms with Crippen LogP contribution in [0.15, 0.2) is 11.9 Å². The van der Waals surface area contributed by atoms with Crippen LogP contribution in [-0.4, -0.2) is 40.9 Å². The van der Waals surface area contributed by atoms with Crippen LogP contribution in [-0.2, 0) is 9.53 Å². The number of amides is 1. The zero-order valence-electron chi connectivity index (χ0n) is 10.8. The lowest BCUT2D eigenvalue weighted by Gasteiger charge is -2.20. The van der Waals surface area contributed by atoms with Gasteiger partial charge >= 0.3 is 12.1 Å². The Bertz CT molecular complexity index is 335. The fourth-order valence-corrected chi connectivity index (χ4v) is 0.900. The first-order chi connectivity index (χ1) is 8.11. The Balaban J connectivity index is 3.95. The molecule has 0 saturated heterocycles. The van der Waals surface area contributed by atoms with Gasteiger partial charge in [0, 0.05) is 12.7 Å². The summed E-state index contributed by atoms with van der Waals surface area (Å²) in [5, 5.41) is 12.0. The molecule has 0 aromatic heterocycles. The van der Waals surface area contributed by atoms with Gasteiger partial charge in [-0.2, -0.15) is 0 Å². The van der Waals surface area contributed by atoms with Crippen molar-refractivity contribution in [1.29, 1.82) is 0 Å². The fourth-order valence-electron chi connectivity index (χ4n) is 0.900. The Labute approximate surface area is 106 Å². The molecular weight excluding hydrogens is 240 g/mol. The normalized spacial score (nSPS) is 11.9. The number of ether oxygens (including phenoxy) is 1. The van der Waals surface area contributed by atoms with Crippen molar-refractivity contribution >= 4 is 12.1 Å². The Hall–Kier alpha value is -1.96. The molecular formula is C10H20N4O4. The number of alkyl carbamates (subject to hydrolysis) is 1. The fraction of sp³-hybridized carbons (Fsp3) is 0.600. The lowest BCUT2D eigenvalue weighted by molar-refractivity contribution is -0.132. The summed E-state index contributed by atoms with van der Waals surface area (Å²) >= 11 is 0. The van der Waals surface area contributed by atoms with Gasteiger partial charge in [0.15, 0.2) is 0 Å². The van der Waals surface area contributed by atoms with Crippen LogP contribution in [0.25, 0.3) is 0 Å². The van der Waals surface area contributed by atoms with E-state index in [1.54, 1.807) is 20.8 Å². The molecule has 0 radical (unpaired) electrons. The van der Waals surface area contributed by atoms with Crippen molar-refractivity contribution < 1.29 is 19.4 Å². The van der Waals surface area contributed by atoms with Crippen molar-refractivity contribution in [1.82, 2.24) is 10.3 Å². The third kappa shape index (κ3) is 8.22. The minimum atomic E-state index is -1.26. The smallest absolute Gasteiger partial charge is 0.407 e. The number of nitrogens with zero attached hydrogens (tertiary/aromatic N) is 1. The van der Waals surface area contributed by atoms with E-state index < -0.39 is 17.7 Å². The van der Waals surface area contributed by atoms with E-state index in [4.69, 9.17) is 21.4 Å². The molecule has 0 aliphatic heterocycles. The molecule has 0 rings (SSSR count). The number of carboxylic acid groups (broad SMARTS) is 1. The van der Waals surface area contributed by atoms with Gasteiger partial charge in [-0.05, 0) is 20.8 Å². The van der Waals surface area contributed by atoms with Gasteiger partial charge in [-0.1, -0.05) is 0 Å². The SMILES string of the molecule is CC(C)(C)OC(=O)NCCN(N)/C=C(\N)C(=O)O. The topological polar surface area (TPSA) is 131 Å². The molecule has 104 valence electrons. The summed E-state index contributed by atoms with van der Waals surface area (Å²) in [7, 11) is 0. The second kappa shape index (κ2) is 6.70. The van der Waals surface area contributed by atoms with E-state index in [0.29, 0.717) is 0 Å². The monoisotopic (exact) mass is 260 g/mol. The molecule has 0 aliphatic carbocycles. The van der Waals surface area contributed by atoms with Gasteiger partial charge in [0.1, 0.15) is 11.3 Å². The number of carbonyl (C=O) groups excluding carboxylic acids is 1. The molecule has 0 atom stereocenters. The maximum absolute atomic E-state index is 11.2. The van der Waals surface area contributed by atoms with E-state index in [1.807, 2.05) is 0 Å². The molecule has 8 nitrogen and oxygen atoms in total. The second-order valence-corrected chi connectivity index (χ2v) is 4.56. The Morgan fingerprint density at radius 3 is 2.44 bits per heavy atom. The summed E-state index contributed by atoms with van der Waals surface area (Å²) in [6, 6.07) is 0. The molecule has 0 aromatic rings. The van der Waals surface area contributed by atoms with Crippen molar-refractivity contribution in [2.75, 3.05) is 13.1 Å². The highest BCUT2D eigenvalue weighted by atomic mass is 16.6. The van der Waals surface area contributed by atoms with Gasteiger partial charge in [0.25, 0.3) is 0 Å². The lowest BCUT2D eigenvalue weighted by atomic mass is 10.2. The Morgan fingerprint density at radius 2 is 2.00 bits per heavy atom. The van der Waals surface area contributed by atoms with Crippen molar-refractivity contribution in [2.45, 2.75) is 26.4 Å². The van der Waals surface area contributed by atoms with Gasteiger partial charge in [0.05, 0.1) is 6.54 Å². The predicted molar refractivity (Wildman–Crippen MR) is 65.0 cm³/mol. The summed E-state index contributed by atoms with van der Waals surface area (Å²) in [4.78, 5) is 21.7. The number of hydrazine groups is 1. The first kappa shape index (κ1) is 16.0. The number of aliphatic carboxylic acids is 1. The second-order valence-electron chi connectivity index (χ2n) is 4.56. The average molecular weight is 260 g/mol. The lowest BCUT2D eigenvalue weighted by Crippen LogP contribution is -2.39. The molecule has 0 unspecified atom stereocenters. The van der Waals surface area contributed by atoms with Crippen LogP contribution in [0.5, 0.6) is 0 Å². The number of nitrogens with two attached hydrogens (primary N) is 2. The highest BCUT2D eigenvalue weighted by Gasteiger charge is 2.15. The van der Waals surface area contributed by atoms with Crippen molar-refractivity contribution in [3.63, 3.8) is 0 Å². The van der Waals surface area contributed by atoms with Gasteiger partial charge in [-0.3, -0.25) is 0 Å². The Kier molecular flexibility index (Phi) is 5.97. The number of carboxylic acids is 1. The summed E-state index contributed by atoms with van der Waals surface area (Å²) in [5.41, 5.74) is 4.21. The third-order valence-corrected chi connectivity index (χ3v) is 1.59. The highest BCUT2D eigenvalue weighted by Crippen LogP contribution is 2.06. The van der Waals surface area contributed by atoms with Crippen molar-refractivity contribution in [3.8, 4) is 0 Å². The van der Waals surface area contributed by atoms with Crippen molar-refractivity contribution in [3.05, 3.63) is 11.9 Å². The van der Waals surface area contributed by atoms with Gasteiger partial charge < -0.3 is 25.9 Å². The predicted octanol–water partition coefficient (Wildman–Crippen LogP) is -0.428. The molecule has 1 amide bonds. The van der Waals surface area contributed by atoms with E-state index in [9.17, 15) is 9.59 Å². The molecule has 0 spiro atoms. The molecule has 0 heterocycles. The molecule has 0 aliphatic rings. The van der Waals surface area contributed by atoms with Crippen LogP contribution in [0.3, 0.4) is 0 Å². The van der Waals surface area contributed by atoms with Crippen LogP contribution < -0.4 is 16.9 Å². The Morgan fingerprint density at radius 1 is 1.44 bits per heavy atom. The molecule has 0 bridgehead atoms. The number of hydrogen-bond donors (Lipinski definition) is 4. The first-order valence-electron chi connectivity index (χ1n) is 5.30. The van der Waals surface area contributed by atoms with E-state index >= 15 is 0 Å². The largest absolute Gasteiger partial charge is 0.477 e. The number of hydrogen-bond acceptors (Lipinski definition) is 6. The van der Waals surface area contributed by atoms with E-state index in [2.05, 4.69) is 5.32 Å². The zero-order chi connectivity index (χ0) is 14.3. The van der Waals surface area contributed by atoms with Gasteiger partial charge in [0.2, 0.25) is 0 Å². The van der Waals surface area contributed by atoms with Crippen molar-refractivity contribution in [2.24, 2.45) is 11.6 Å². The van der Waals surface area contributed by atoms with Gasteiger partial charge in [-0.15, -0.1) is 0 Å². The van der Waals surface area contributed by atoms with Gasteiger partial charge in [-0.25, -0.2) is 15.4 Å². The summed E-state index contributed by atoms with van der Waals surface area (Å²) in [5.74, 6) is 4.19. The van der Waals surface area contributed by atoms with Crippen LogP contribution >= 0.6 is 0 Å². The standard InChI is InChI=1S/C10H20N4O4/c1-10(2,3)18-9(17)13-4-5-14(12)6-7(11)8(15)16/h6H,4-5,11-12H2,1-3H3,(H,13,17)(H,15,16)/b7-6-. The summed E-state index contributed by atoms with van der Waals surface area (Å²) < 4.78 is 5.00. The van der Waals surface area contributed by atoms with E-state index in [0.717, 1.165) is 11.2 Å². The van der Waals surface area contributed by atoms with Crippen LogP contribution in [0.4, 0.5) is 4.79 Å². The van der Waals surface area contributed by atoms with Crippen LogP contribution in [0.2, 0.25) is 0 Å². The highest BCUT2D eigenvalue weighted by molar-refractivity contribution is 5.85. The van der Waals surface area contributed by atoms with E-state index in [1.165, 1.54) is 0 Å². The molecule has 8 heteroatoms. The van der Waals surface area contributed by atoms with Crippen LogP contribution in [0.1, 0.15) is 20.8 Å². The van der Waals surface area contributed by atoms with E-state index in [-0.39, 0.29) is 18.8 Å².